The molecule has 1 saturated heterocycles. The summed E-state index contributed by atoms with van der Waals surface area (Å²) < 4.78 is 5.20. The fourth-order valence-electron chi connectivity index (χ4n) is 2.86. The summed E-state index contributed by atoms with van der Waals surface area (Å²) in [5.74, 6) is 0.265. The van der Waals surface area contributed by atoms with Crippen LogP contribution >= 0.6 is 11.6 Å². The predicted octanol–water partition coefficient (Wildman–Crippen LogP) is 2.93. The number of carbonyl (C=O) groups excluding carboxylic acids is 1. The molecule has 0 saturated carbocycles. The van der Waals surface area contributed by atoms with Crippen molar-refractivity contribution in [2.45, 2.75) is 32.1 Å². The summed E-state index contributed by atoms with van der Waals surface area (Å²) in [7, 11) is 1.51. The van der Waals surface area contributed by atoms with Gasteiger partial charge in [0.25, 0.3) is 5.91 Å². The van der Waals surface area contributed by atoms with E-state index in [4.69, 9.17) is 22.1 Å². The Morgan fingerprint density at radius 3 is 2.74 bits per heavy atom. The van der Waals surface area contributed by atoms with Crippen LogP contribution in [0.4, 0.5) is 5.69 Å². The van der Waals surface area contributed by atoms with Crippen LogP contribution < -0.4 is 15.8 Å². The Morgan fingerprint density at radius 2 is 2.04 bits per heavy atom. The summed E-state index contributed by atoms with van der Waals surface area (Å²) in [6, 6.07) is 3.13. The largest absolute Gasteiger partial charge is 0.496 e. The number of halogens is 1. The summed E-state index contributed by atoms with van der Waals surface area (Å²) >= 11 is 5.99. The van der Waals surface area contributed by atoms with E-state index < -0.39 is 0 Å². The van der Waals surface area contributed by atoms with Crippen molar-refractivity contribution < 1.29 is 9.53 Å². The Balaban J connectivity index is 1.71. The highest BCUT2D eigenvalue weighted by molar-refractivity contribution is 6.33. The first-order valence-corrected chi connectivity index (χ1v) is 8.63. The quantitative estimate of drug-likeness (QED) is 0.564. The van der Waals surface area contributed by atoms with Gasteiger partial charge < -0.3 is 20.7 Å². The average molecular weight is 340 g/mol. The van der Waals surface area contributed by atoms with E-state index in [1.165, 1.54) is 46.0 Å². The number of benzene rings is 1. The molecule has 5 nitrogen and oxygen atoms in total. The number of anilines is 1. The Morgan fingerprint density at radius 1 is 1.30 bits per heavy atom. The lowest BCUT2D eigenvalue weighted by molar-refractivity contribution is 0.0950. The third-order valence-electron chi connectivity index (χ3n) is 4.20. The molecule has 23 heavy (non-hydrogen) atoms. The van der Waals surface area contributed by atoms with Gasteiger partial charge in [0.15, 0.2) is 0 Å². The number of nitrogens with zero attached hydrogens (tertiary/aromatic N) is 1. The Bertz CT molecular complexity index is 531. The minimum Gasteiger partial charge on any atom is -0.496 e. The van der Waals surface area contributed by atoms with Gasteiger partial charge >= 0.3 is 0 Å². The Hall–Kier alpha value is -1.46. The lowest BCUT2D eigenvalue weighted by atomic mass is 10.1. The van der Waals surface area contributed by atoms with E-state index in [0.29, 0.717) is 28.6 Å². The maximum Gasteiger partial charge on any atom is 0.255 e. The van der Waals surface area contributed by atoms with E-state index in [0.717, 1.165) is 12.8 Å². The molecule has 0 spiro atoms. The first-order valence-electron chi connectivity index (χ1n) is 8.25. The number of nitrogens with one attached hydrogen (secondary N) is 1. The van der Waals surface area contributed by atoms with Gasteiger partial charge in [-0.15, -0.1) is 0 Å². The van der Waals surface area contributed by atoms with E-state index in [2.05, 4.69) is 10.2 Å². The summed E-state index contributed by atoms with van der Waals surface area (Å²) in [5, 5.41) is 3.28. The normalized spacial score (nSPS) is 14.9. The lowest BCUT2D eigenvalue weighted by Crippen LogP contribution is -2.25. The molecule has 0 radical (unpaired) electrons. The molecule has 1 aliphatic heterocycles. The van der Waals surface area contributed by atoms with Gasteiger partial charge in [-0.2, -0.15) is 0 Å². The number of rotatable bonds is 8. The number of hydrogen-bond donors (Lipinski definition) is 2. The zero-order chi connectivity index (χ0) is 16.7. The van der Waals surface area contributed by atoms with Crippen LogP contribution in [0.2, 0.25) is 5.02 Å². The fraction of sp³-hybridized carbons (Fsp3) is 0.588. The zero-order valence-electron chi connectivity index (χ0n) is 13.7. The molecule has 1 aromatic rings. The molecule has 128 valence electrons. The maximum atomic E-state index is 12.2. The average Bonchev–Trinajstić information content (AvgIpc) is 3.06. The van der Waals surface area contributed by atoms with E-state index >= 15 is 0 Å². The molecule has 1 aromatic carbocycles. The Labute approximate surface area is 143 Å². The van der Waals surface area contributed by atoms with Gasteiger partial charge in [-0.25, -0.2) is 0 Å². The molecule has 1 amide bonds. The summed E-state index contributed by atoms with van der Waals surface area (Å²) in [6.45, 7) is 4.32. The van der Waals surface area contributed by atoms with Crippen molar-refractivity contribution in [3.63, 3.8) is 0 Å². The summed E-state index contributed by atoms with van der Waals surface area (Å²) in [5.41, 5.74) is 6.55. The van der Waals surface area contributed by atoms with E-state index in [-0.39, 0.29) is 5.91 Å². The number of hydrogen-bond acceptors (Lipinski definition) is 4. The highest BCUT2D eigenvalue weighted by Crippen LogP contribution is 2.28. The minimum absolute atomic E-state index is 0.178. The smallest absolute Gasteiger partial charge is 0.255 e. The predicted molar refractivity (Wildman–Crippen MR) is 94.3 cm³/mol. The molecule has 1 aliphatic rings. The number of nitrogens with two attached hydrogens (primary N) is 1. The second-order valence-electron chi connectivity index (χ2n) is 5.94. The number of nitrogen functional groups attached to an aromatic ring is 1. The lowest BCUT2D eigenvalue weighted by Gasteiger charge is -2.14. The number of carbonyl (C=O) groups is 1. The van der Waals surface area contributed by atoms with Crippen molar-refractivity contribution >= 4 is 23.2 Å². The van der Waals surface area contributed by atoms with Crippen molar-refractivity contribution in [1.82, 2.24) is 10.2 Å². The minimum atomic E-state index is -0.178. The number of ether oxygens (including phenoxy) is 1. The van der Waals surface area contributed by atoms with Gasteiger partial charge in [-0.3, -0.25) is 4.79 Å². The summed E-state index contributed by atoms with van der Waals surface area (Å²) in [4.78, 5) is 14.7. The molecule has 1 heterocycles. The SMILES string of the molecule is COc1cc(N)c(Cl)cc1C(=O)NCCCCCN1CCCC1. The molecule has 0 aromatic heterocycles. The third kappa shape index (κ3) is 5.29. The van der Waals surface area contributed by atoms with Crippen LogP contribution in [-0.4, -0.2) is 44.1 Å². The topological polar surface area (TPSA) is 67.6 Å². The van der Waals surface area contributed by atoms with Crippen LogP contribution in [0.25, 0.3) is 0 Å². The van der Waals surface area contributed by atoms with Crippen molar-refractivity contribution in [1.29, 1.82) is 0 Å². The second kappa shape index (κ2) is 8.99. The van der Waals surface area contributed by atoms with Crippen LogP contribution in [0.1, 0.15) is 42.5 Å². The van der Waals surface area contributed by atoms with E-state index in [9.17, 15) is 4.79 Å². The molecule has 0 unspecified atom stereocenters. The number of amides is 1. The van der Waals surface area contributed by atoms with E-state index in [1.807, 2.05) is 0 Å². The monoisotopic (exact) mass is 339 g/mol. The number of methoxy groups -OCH3 is 1. The van der Waals surface area contributed by atoms with Crippen molar-refractivity contribution in [3.8, 4) is 5.75 Å². The molecule has 6 heteroatoms. The zero-order valence-corrected chi connectivity index (χ0v) is 14.5. The molecular weight excluding hydrogens is 314 g/mol. The first-order chi connectivity index (χ1) is 11.1. The van der Waals surface area contributed by atoms with Crippen molar-refractivity contribution in [2.24, 2.45) is 0 Å². The molecule has 3 N–H and O–H groups in total. The fourth-order valence-corrected chi connectivity index (χ4v) is 3.02. The van der Waals surface area contributed by atoms with Crippen LogP contribution in [0.15, 0.2) is 12.1 Å². The van der Waals surface area contributed by atoms with Gasteiger partial charge in [0, 0.05) is 12.6 Å². The molecule has 0 atom stereocenters. The highest BCUT2D eigenvalue weighted by atomic mass is 35.5. The number of likely N-dealkylation sites (tertiary alicyclic amines) is 1. The van der Waals surface area contributed by atoms with Gasteiger partial charge in [0.05, 0.1) is 23.4 Å². The Kier molecular flexibility index (Phi) is 6.99. The van der Waals surface area contributed by atoms with Crippen LogP contribution in [-0.2, 0) is 0 Å². The molecule has 2 rings (SSSR count). The molecule has 0 aliphatic carbocycles. The second-order valence-corrected chi connectivity index (χ2v) is 6.35. The van der Waals surface area contributed by atoms with Crippen LogP contribution in [0, 0.1) is 0 Å². The third-order valence-corrected chi connectivity index (χ3v) is 4.53. The molecular formula is C17H26ClN3O2. The van der Waals surface area contributed by atoms with Gasteiger partial charge in [-0.05, 0) is 51.4 Å². The first kappa shape index (κ1) is 17.9. The molecule has 1 fully saturated rings. The van der Waals surface area contributed by atoms with Crippen LogP contribution in [0.3, 0.4) is 0 Å². The van der Waals surface area contributed by atoms with Gasteiger partial charge in [0.2, 0.25) is 0 Å². The van der Waals surface area contributed by atoms with Crippen molar-refractivity contribution in [2.75, 3.05) is 39.0 Å². The van der Waals surface area contributed by atoms with E-state index in [1.54, 1.807) is 12.1 Å². The maximum absolute atomic E-state index is 12.2. The van der Waals surface area contributed by atoms with Crippen LogP contribution in [0.5, 0.6) is 5.75 Å². The van der Waals surface area contributed by atoms with Crippen molar-refractivity contribution in [3.05, 3.63) is 22.7 Å². The number of unbranched alkanes of at least 4 members (excludes halogenated alkanes) is 2. The van der Waals surface area contributed by atoms with Gasteiger partial charge in [0.1, 0.15) is 5.75 Å². The summed E-state index contributed by atoms with van der Waals surface area (Å²) in [6.07, 6.45) is 5.96. The van der Waals surface area contributed by atoms with Gasteiger partial charge in [-0.1, -0.05) is 18.0 Å². The molecule has 0 bridgehead atoms. The highest BCUT2D eigenvalue weighted by Gasteiger charge is 2.14. The standard InChI is InChI=1S/C17H26ClN3O2/c1-23-16-12-15(19)14(18)11-13(16)17(22)20-7-3-2-4-8-21-9-5-6-10-21/h11-12H,2-10,19H2,1H3,(H,20,22).